The zero-order chi connectivity index (χ0) is 20.8. The number of H-pyrrole nitrogens is 2. The van der Waals surface area contributed by atoms with Crippen LogP contribution in [0.4, 0.5) is 0 Å². The van der Waals surface area contributed by atoms with E-state index < -0.39 is 6.04 Å². The van der Waals surface area contributed by atoms with Crippen LogP contribution in [0.15, 0.2) is 82.4 Å². The summed E-state index contributed by atoms with van der Waals surface area (Å²) in [5.74, 6) is -0.0722. The molecule has 0 radical (unpaired) electrons. The number of nitrogens with one attached hydrogen (secondary N) is 2. The zero-order valence-corrected chi connectivity index (χ0v) is 16.4. The lowest BCUT2D eigenvalue weighted by atomic mass is 9.97. The first kappa shape index (κ1) is 18.3. The molecular formula is C23H16ClN3O3. The lowest BCUT2D eigenvalue weighted by molar-refractivity contribution is 0.439. The first-order valence-electron chi connectivity index (χ1n) is 9.33. The van der Waals surface area contributed by atoms with E-state index in [1.807, 2.05) is 24.3 Å². The van der Waals surface area contributed by atoms with Crippen molar-refractivity contribution >= 4 is 33.3 Å². The Balaban J connectivity index is 1.89. The predicted octanol–water partition coefficient (Wildman–Crippen LogP) is 4.17. The molecule has 0 aliphatic rings. The quantitative estimate of drug-likeness (QED) is 0.411. The molecule has 5 aromatic rings. The van der Waals surface area contributed by atoms with E-state index in [1.54, 1.807) is 48.5 Å². The van der Waals surface area contributed by atoms with Crippen LogP contribution >= 0.6 is 11.6 Å². The topological polar surface area (TPSA) is 90.9 Å². The number of aromatic nitrogens is 3. The van der Waals surface area contributed by atoms with Crippen molar-refractivity contribution in [2.45, 2.75) is 6.04 Å². The molecule has 0 spiro atoms. The predicted molar refractivity (Wildman–Crippen MR) is 117 cm³/mol. The molecular weight excluding hydrogens is 402 g/mol. The van der Waals surface area contributed by atoms with Gasteiger partial charge in [0.1, 0.15) is 6.04 Å². The van der Waals surface area contributed by atoms with Gasteiger partial charge >= 0.3 is 0 Å². The summed E-state index contributed by atoms with van der Waals surface area (Å²) >= 11 is 6.07. The average Bonchev–Trinajstić information content (AvgIpc) is 3.09. The van der Waals surface area contributed by atoms with Crippen molar-refractivity contribution in [2.75, 3.05) is 0 Å². The van der Waals surface area contributed by atoms with E-state index in [0.717, 1.165) is 10.9 Å². The smallest absolute Gasteiger partial charge is 0.274 e. The molecule has 1 atom stereocenters. The van der Waals surface area contributed by atoms with E-state index in [9.17, 15) is 14.7 Å². The maximum Gasteiger partial charge on any atom is 0.274 e. The van der Waals surface area contributed by atoms with E-state index in [2.05, 4.69) is 10.1 Å². The summed E-state index contributed by atoms with van der Waals surface area (Å²) in [6, 6.07) is 20.2. The minimum Gasteiger partial charge on any atom is -0.494 e. The van der Waals surface area contributed by atoms with E-state index >= 15 is 0 Å². The molecule has 0 saturated carbocycles. The third kappa shape index (κ3) is 2.81. The Hall–Kier alpha value is -3.77. The van der Waals surface area contributed by atoms with Gasteiger partial charge in [-0.05, 0) is 35.9 Å². The molecule has 0 aliphatic carbocycles. The monoisotopic (exact) mass is 417 g/mol. The largest absolute Gasteiger partial charge is 0.494 e. The standard InChI is InChI=1S/C23H16ClN3O3/c24-14-11-9-13(10-12-14)20(19-17-7-3-4-8-18(17)25-22(19)29)27-23(30)16-6-2-1-5-15(16)21(28)26-27/h1-12,20,25,29H,(H,26,28). The number of benzene rings is 3. The highest BCUT2D eigenvalue weighted by molar-refractivity contribution is 6.30. The summed E-state index contributed by atoms with van der Waals surface area (Å²) in [5, 5.41) is 15.4. The van der Waals surface area contributed by atoms with Crippen LogP contribution in [0, 0.1) is 0 Å². The minimum atomic E-state index is -0.775. The van der Waals surface area contributed by atoms with Crippen LogP contribution in [0.3, 0.4) is 0 Å². The van der Waals surface area contributed by atoms with E-state index in [1.165, 1.54) is 4.68 Å². The van der Waals surface area contributed by atoms with Gasteiger partial charge in [-0.15, -0.1) is 0 Å². The van der Waals surface area contributed by atoms with Crippen LogP contribution in [0.25, 0.3) is 21.7 Å². The van der Waals surface area contributed by atoms with E-state index in [-0.39, 0.29) is 17.0 Å². The number of nitrogens with zero attached hydrogens (tertiary/aromatic N) is 1. The van der Waals surface area contributed by atoms with Crippen molar-refractivity contribution in [3.05, 3.63) is 110 Å². The summed E-state index contributed by atoms with van der Waals surface area (Å²) in [4.78, 5) is 29.1. The van der Waals surface area contributed by atoms with Crippen molar-refractivity contribution in [2.24, 2.45) is 0 Å². The van der Waals surface area contributed by atoms with Gasteiger partial charge in [0, 0.05) is 15.9 Å². The molecule has 2 aromatic heterocycles. The molecule has 6 nitrogen and oxygen atoms in total. The summed E-state index contributed by atoms with van der Waals surface area (Å²) in [7, 11) is 0. The number of halogens is 1. The second-order valence-corrected chi connectivity index (χ2v) is 7.49. The second-order valence-electron chi connectivity index (χ2n) is 7.05. The number of para-hydroxylation sites is 1. The second kappa shape index (κ2) is 6.93. The Morgan fingerprint density at radius 3 is 2.20 bits per heavy atom. The maximum atomic E-state index is 13.4. The summed E-state index contributed by atoms with van der Waals surface area (Å²) in [5.41, 5.74) is 1.15. The Morgan fingerprint density at radius 2 is 1.47 bits per heavy atom. The third-order valence-electron chi connectivity index (χ3n) is 5.29. The molecule has 0 amide bonds. The Morgan fingerprint density at radius 1 is 0.833 bits per heavy atom. The zero-order valence-electron chi connectivity index (χ0n) is 15.6. The number of hydrogen-bond acceptors (Lipinski definition) is 3. The van der Waals surface area contributed by atoms with Crippen molar-refractivity contribution < 1.29 is 5.11 Å². The van der Waals surface area contributed by atoms with Crippen molar-refractivity contribution in [3.8, 4) is 5.88 Å². The normalized spacial score (nSPS) is 12.4. The van der Waals surface area contributed by atoms with Gasteiger partial charge in [-0.25, -0.2) is 4.68 Å². The minimum absolute atomic E-state index is 0.0722. The first-order chi connectivity index (χ1) is 14.5. The Kier molecular flexibility index (Phi) is 4.22. The molecule has 7 heteroatoms. The van der Waals surface area contributed by atoms with Gasteiger partial charge in [0.25, 0.3) is 11.1 Å². The third-order valence-corrected chi connectivity index (χ3v) is 5.54. The van der Waals surface area contributed by atoms with Gasteiger partial charge in [-0.1, -0.05) is 54.1 Å². The van der Waals surface area contributed by atoms with Crippen molar-refractivity contribution in [1.29, 1.82) is 0 Å². The van der Waals surface area contributed by atoms with Crippen LogP contribution in [0.5, 0.6) is 5.88 Å². The average molecular weight is 418 g/mol. The number of hydrogen-bond donors (Lipinski definition) is 3. The molecule has 30 heavy (non-hydrogen) atoms. The lowest BCUT2D eigenvalue weighted by Gasteiger charge is -2.21. The fourth-order valence-corrected chi connectivity index (χ4v) is 4.04. The van der Waals surface area contributed by atoms with Crippen LogP contribution < -0.4 is 11.1 Å². The molecule has 0 aliphatic heterocycles. The lowest BCUT2D eigenvalue weighted by Crippen LogP contribution is -2.34. The number of fused-ring (bicyclic) bond motifs is 2. The van der Waals surface area contributed by atoms with Crippen molar-refractivity contribution in [3.63, 3.8) is 0 Å². The highest BCUT2D eigenvalue weighted by atomic mass is 35.5. The highest BCUT2D eigenvalue weighted by Crippen LogP contribution is 2.37. The number of rotatable bonds is 3. The number of aromatic hydroxyl groups is 1. The first-order valence-corrected chi connectivity index (χ1v) is 9.71. The van der Waals surface area contributed by atoms with Gasteiger partial charge < -0.3 is 10.1 Å². The summed E-state index contributed by atoms with van der Waals surface area (Å²) in [6.45, 7) is 0. The van der Waals surface area contributed by atoms with Crippen LogP contribution in [0.1, 0.15) is 17.2 Å². The molecule has 0 fully saturated rings. The van der Waals surface area contributed by atoms with E-state index in [4.69, 9.17) is 11.6 Å². The molecule has 3 N–H and O–H groups in total. The summed E-state index contributed by atoms with van der Waals surface area (Å²) < 4.78 is 1.27. The van der Waals surface area contributed by atoms with Gasteiger partial charge in [-0.3, -0.25) is 14.7 Å². The fraction of sp³-hybridized carbons (Fsp3) is 0.0435. The molecule has 0 bridgehead atoms. The van der Waals surface area contributed by atoms with E-state index in [0.29, 0.717) is 26.9 Å². The van der Waals surface area contributed by atoms with Gasteiger partial charge in [0.2, 0.25) is 0 Å². The summed E-state index contributed by atoms with van der Waals surface area (Å²) in [6.07, 6.45) is 0. The molecule has 0 saturated heterocycles. The molecule has 2 heterocycles. The Bertz CT molecular complexity index is 1510. The molecule has 5 rings (SSSR count). The SMILES string of the molecule is O=c1[nH]n(C(c2ccc(Cl)cc2)c2c(O)[nH]c3ccccc23)c(=O)c2ccccc12. The van der Waals surface area contributed by atoms with Crippen LogP contribution in [-0.2, 0) is 0 Å². The highest BCUT2D eigenvalue weighted by Gasteiger charge is 2.26. The van der Waals surface area contributed by atoms with Gasteiger partial charge in [0.05, 0.1) is 16.3 Å². The van der Waals surface area contributed by atoms with Gasteiger partial charge in [-0.2, -0.15) is 0 Å². The number of aromatic amines is 2. The van der Waals surface area contributed by atoms with Crippen LogP contribution in [0.2, 0.25) is 5.02 Å². The fourth-order valence-electron chi connectivity index (χ4n) is 3.92. The van der Waals surface area contributed by atoms with Gasteiger partial charge in [0.15, 0.2) is 5.88 Å². The van der Waals surface area contributed by atoms with Crippen molar-refractivity contribution in [1.82, 2.24) is 14.8 Å². The Labute approximate surface area is 175 Å². The molecule has 148 valence electrons. The molecule has 1 unspecified atom stereocenters. The van der Waals surface area contributed by atoms with Crippen LogP contribution in [-0.4, -0.2) is 19.9 Å². The maximum absolute atomic E-state index is 13.4. The molecule has 3 aromatic carbocycles.